The molecule has 1 heterocycles. The third-order valence-corrected chi connectivity index (χ3v) is 7.21. The van der Waals surface area contributed by atoms with E-state index in [1.807, 2.05) is 12.1 Å². The fourth-order valence-electron chi connectivity index (χ4n) is 5.68. The van der Waals surface area contributed by atoms with E-state index in [1.54, 1.807) is 12.3 Å². The highest BCUT2D eigenvalue weighted by molar-refractivity contribution is 6.32. The van der Waals surface area contributed by atoms with Crippen LogP contribution in [0.3, 0.4) is 0 Å². The molecule has 0 amide bonds. The smallest absolute Gasteiger partial charge is 0.255 e. The van der Waals surface area contributed by atoms with E-state index in [4.69, 9.17) is 22.1 Å². The molecule has 2 aromatic rings. The summed E-state index contributed by atoms with van der Waals surface area (Å²) < 4.78 is 6.59. The second kappa shape index (κ2) is 5.49. The Hall–Kier alpha value is -1.52. The largest absolute Gasteiger partial charge is 0.486 e. The van der Waals surface area contributed by atoms with Gasteiger partial charge in [0.25, 0.3) is 5.56 Å². The van der Waals surface area contributed by atoms with Gasteiger partial charge < -0.3 is 15.5 Å². The van der Waals surface area contributed by atoms with Gasteiger partial charge in [-0.2, -0.15) is 0 Å². The first-order valence-corrected chi connectivity index (χ1v) is 9.68. The summed E-state index contributed by atoms with van der Waals surface area (Å²) in [6, 6.07) is 5.86. The van der Waals surface area contributed by atoms with Crippen molar-refractivity contribution >= 4 is 22.4 Å². The first kappa shape index (κ1) is 15.7. The van der Waals surface area contributed by atoms with Crippen molar-refractivity contribution in [1.29, 1.82) is 0 Å². The lowest BCUT2D eigenvalue weighted by atomic mass is 9.53. The molecule has 0 saturated heterocycles. The molecule has 3 saturated carbocycles. The fourth-order valence-corrected chi connectivity index (χ4v) is 5.88. The number of fused-ring (bicyclic) bond motifs is 3. The molecule has 0 spiro atoms. The van der Waals surface area contributed by atoms with Crippen LogP contribution in [-0.4, -0.2) is 16.6 Å². The number of nitrogens with one attached hydrogen (secondary N) is 1. The van der Waals surface area contributed by atoms with Crippen LogP contribution in [0.25, 0.3) is 10.8 Å². The highest BCUT2D eigenvalue weighted by Gasteiger charge is 2.54. The molecule has 5 heteroatoms. The van der Waals surface area contributed by atoms with Crippen LogP contribution in [0, 0.1) is 17.8 Å². The van der Waals surface area contributed by atoms with Crippen molar-refractivity contribution in [2.24, 2.45) is 23.5 Å². The minimum Gasteiger partial charge on any atom is -0.486 e. The van der Waals surface area contributed by atoms with Crippen LogP contribution in [0.15, 0.2) is 29.2 Å². The van der Waals surface area contributed by atoms with E-state index in [1.165, 1.54) is 19.3 Å². The van der Waals surface area contributed by atoms with Crippen molar-refractivity contribution in [1.82, 2.24) is 4.98 Å². The molecule has 3 aliphatic carbocycles. The van der Waals surface area contributed by atoms with Gasteiger partial charge in [0.15, 0.2) is 0 Å². The maximum Gasteiger partial charge on any atom is 0.255 e. The Bertz CT molecular complexity index is 889. The number of pyridine rings is 1. The van der Waals surface area contributed by atoms with Gasteiger partial charge in [-0.25, -0.2) is 0 Å². The van der Waals surface area contributed by atoms with Gasteiger partial charge in [-0.3, -0.25) is 4.79 Å². The SMILES string of the molecule is NC1C2CCC3CCC(Oc4cc5cc[nH]c(=O)c5cc4Cl)(C2)CC31. The Morgan fingerprint density at radius 2 is 2.04 bits per heavy atom. The molecule has 1 aromatic carbocycles. The van der Waals surface area contributed by atoms with Gasteiger partial charge in [-0.15, -0.1) is 0 Å². The Balaban J connectivity index is 1.52. The standard InChI is InChI=1S/C20H23ClN2O2/c21-16-8-14-12(4-6-23-19(14)24)7-17(16)25-20-5-3-11-1-2-13(9-20)18(22)15(11)10-20/h4,6-8,11,13,15,18H,1-3,5,9-10,22H2,(H,23,24). The Labute approximate surface area is 151 Å². The predicted molar refractivity (Wildman–Crippen MR) is 99.1 cm³/mol. The molecule has 132 valence electrons. The molecule has 25 heavy (non-hydrogen) atoms. The molecule has 1 aromatic heterocycles. The molecular weight excluding hydrogens is 336 g/mol. The number of hydrogen-bond acceptors (Lipinski definition) is 3. The number of halogens is 1. The monoisotopic (exact) mass is 358 g/mol. The zero-order valence-corrected chi connectivity index (χ0v) is 14.9. The summed E-state index contributed by atoms with van der Waals surface area (Å²) in [6.45, 7) is 0. The number of aromatic nitrogens is 1. The molecule has 5 unspecified atom stereocenters. The van der Waals surface area contributed by atoms with Gasteiger partial charge in [-0.1, -0.05) is 11.6 Å². The first-order valence-electron chi connectivity index (χ1n) is 9.30. The van der Waals surface area contributed by atoms with Gasteiger partial charge in [0.05, 0.1) is 5.02 Å². The van der Waals surface area contributed by atoms with Crippen molar-refractivity contribution in [3.8, 4) is 5.75 Å². The molecule has 0 radical (unpaired) electrons. The van der Waals surface area contributed by atoms with Crippen LogP contribution >= 0.6 is 11.6 Å². The van der Waals surface area contributed by atoms with Gasteiger partial charge in [0, 0.05) is 17.6 Å². The van der Waals surface area contributed by atoms with Crippen LogP contribution in [0.1, 0.15) is 38.5 Å². The second-order valence-electron chi connectivity index (χ2n) is 8.25. The van der Waals surface area contributed by atoms with Gasteiger partial charge >= 0.3 is 0 Å². The topological polar surface area (TPSA) is 68.1 Å². The predicted octanol–water partition coefficient (Wildman–Crippen LogP) is 3.86. The van der Waals surface area contributed by atoms with Crippen molar-refractivity contribution in [2.45, 2.75) is 50.2 Å². The average Bonchev–Trinajstić information content (AvgIpc) is 2.57. The van der Waals surface area contributed by atoms with Crippen LogP contribution in [0.5, 0.6) is 5.75 Å². The summed E-state index contributed by atoms with van der Waals surface area (Å²) in [4.78, 5) is 14.6. The van der Waals surface area contributed by atoms with E-state index < -0.39 is 0 Å². The maximum absolute atomic E-state index is 12.0. The molecular formula is C20H23ClN2O2. The third kappa shape index (κ3) is 2.42. The molecule has 3 bridgehead atoms. The highest BCUT2D eigenvalue weighted by Crippen LogP contribution is 2.55. The Morgan fingerprint density at radius 3 is 2.92 bits per heavy atom. The van der Waals surface area contributed by atoms with Crippen LogP contribution in [0.4, 0.5) is 0 Å². The molecule has 5 atom stereocenters. The van der Waals surface area contributed by atoms with Crippen molar-refractivity contribution < 1.29 is 4.74 Å². The van der Waals surface area contributed by atoms with E-state index in [9.17, 15) is 4.79 Å². The molecule has 5 rings (SSSR count). The molecule has 3 fully saturated rings. The van der Waals surface area contributed by atoms with Crippen LogP contribution < -0.4 is 16.0 Å². The summed E-state index contributed by atoms with van der Waals surface area (Å²) in [5.74, 6) is 2.63. The summed E-state index contributed by atoms with van der Waals surface area (Å²) in [7, 11) is 0. The lowest BCUT2D eigenvalue weighted by molar-refractivity contribution is -0.100. The fraction of sp³-hybridized carbons (Fsp3) is 0.550. The van der Waals surface area contributed by atoms with Crippen molar-refractivity contribution in [3.05, 3.63) is 39.8 Å². The zero-order valence-electron chi connectivity index (χ0n) is 14.1. The zero-order chi connectivity index (χ0) is 17.2. The van der Waals surface area contributed by atoms with E-state index in [0.29, 0.717) is 34.0 Å². The number of benzene rings is 1. The second-order valence-corrected chi connectivity index (χ2v) is 8.65. The molecule has 3 N–H and O–H groups in total. The number of aromatic amines is 1. The van der Waals surface area contributed by atoms with Crippen molar-refractivity contribution in [2.75, 3.05) is 0 Å². The third-order valence-electron chi connectivity index (χ3n) is 6.92. The van der Waals surface area contributed by atoms with E-state index in [-0.39, 0.29) is 11.2 Å². The number of rotatable bonds is 2. The Kier molecular flexibility index (Phi) is 3.45. The molecule has 4 nitrogen and oxygen atoms in total. The molecule has 3 aliphatic rings. The quantitative estimate of drug-likeness (QED) is 0.856. The highest BCUT2D eigenvalue weighted by atomic mass is 35.5. The minimum atomic E-state index is -0.138. The number of nitrogens with two attached hydrogens (primary N) is 1. The van der Waals surface area contributed by atoms with Crippen LogP contribution in [0.2, 0.25) is 5.02 Å². The summed E-state index contributed by atoms with van der Waals surface area (Å²) in [5, 5.41) is 1.98. The maximum atomic E-state index is 12.0. The summed E-state index contributed by atoms with van der Waals surface area (Å²) in [6.07, 6.45) is 8.58. The number of ether oxygens (including phenoxy) is 1. The first-order chi connectivity index (χ1) is 12.0. The Morgan fingerprint density at radius 1 is 1.20 bits per heavy atom. The van der Waals surface area contributed by atoms with Gasteiger partial charge in [0.2, 0.25) is 0 Å². The molecule has 0 aliphatic heterocycles. The minimum absolute atomic E-state index is 0.122. The number of hydrogen-bond donors (Lipinski definition) is 2. The van der Waals surface area contributed by atoms with Crippen LogP contribution in [-0.2, 0) is 0 Å². The van der Waals surface area contributed by atoms with E-state index >= 15 is 0 Å². The lowest BCUT2D eigenvalue weighted by Crippen LogP contribution is -2.60. The summed E-state index contributed by atoms with van der Waals surface area (Å²) in [5.41, 5.74) is 6.26. The summed E-state index contributed by atoms with van der Waals surface area (Å²) >= 11 is 6.47. The lowest BCUT2D eigenvalue weighted by Gasteiger charge is -2.57. The normalized spacial score (nSPS) is 36.6. The van der Waals surface area contributed by atoms with Gasteiger partial charge in [0.1, 0.15) is 11.4 Å². The van der Waals surface area contributed by atoms with Gasteiger partial charge in [-0.05, 0) is 79.9 Å². The van der Waals surface area contributed by atoms with Crippen molar-refractivity contribution in [3.63, 3.8) is 0 Å². The van der Waals surface area contributed by atoms with E-state index in [0.717, 1.165) is 30.6 Å². The number of H-pyrrole nitrogens is 1. The average molecular weight is 359 g/mol. The van der Waals surface area contributed by atoms with E-state index in [2.05, 4.69) is 4.98 Å².